The van der Waals surface area contributed by atoms with Crippen LogP contribution in [0.15, 0.2) is 84.5 Å². The van der Waals surface area contributed by atoms with Crippen LogP contribution in [0.5, 0.6) is 0 Å². The zero-order valence-corrected chi connectivity index (χ0v) is 25.3. The van der Waals surface area contributed by atoms with E-state index in [1.807, 2.05) is 82.3 Å². The van der Waals surface area contributed by atoms with E-state index in [9.17, 15) is 19.2 Å². The highest BCUT2D eigenvalue weighted by atomic mass is 16.2. The number of carbonyl (C=O) groups excluding carboxylic acids is 4. The molecule has 6 aliphatic rings. The molecule has 6 nitrogen and oxygen atoms in total. The van der Waals surface area contributed by atoms with E-state index in [-0.39, 0.29) is 41.4 Å². The van der Waals surface area contributed by atoms with Crippen LogP contribution in [0.2, 0.25) is 0 Å². The molecule has 7 atom stereocenters. The van der Waals surface area contributed by atoms with Crippen LogP contribution >= 0.6 is 0 Å². The van der Waals surface area contributed by atoms with Crippen molar-refractivity contribution in [2.24, 2.45) is 41.4 Å². The summed E-state index contributed by atoms with van der Waals surface area (Å²) < 4.78 is 0. The van der Waals surface area contributed by atoms with Crippen LogP contribution in [-0.4, -0.2) is 23.6 Å². The molecule has 2 bridgehead atoms. The van der Waals surface area contributed by atoms with Gasteiger partial charge >= 0.3 is 0 Å². The predicted octanol–water partition coefficient (Wildman–Crippen LogP) is 6.12. The summed E-state index contributed by atoms with van der Waals surface area (Å²) in [6.07, 6.45) is 4.60. The van der Waals surface area contributed by atoms with Crippen LogP contribution in [0.4, 0.5) is 11.4 Å². The fourth-order valence-corrected chi connectivity index (χ4v) is 8.75. The lowest BCUT2D eigenvalue weighted by molar-refractivity contribution is -0.129. The minimum atomic E-state index is -0.580. The lowest BCUT2D eigenvalue weighted by atomic mass is 9.49. The second-order valence-corrected chi connectivity index (χ2v) is 13.3. The van der Waals surface area contributed by atoms with Gasteiger partial charge in [0.15, 0.2) is 0 Å². The standard InChI is InChI=1S/C38H34N2O4/c1-19-10-12-24(16-21(19)3)39-35(41)29-18-28(23-8-6-5-7-9-23)30-26-14-15-27(31(30)34(29)38(39)44)33-32(26)36(42)40(37(33)43)25-13-11-20(2)22(4)17-25/h5-17,26-27,29,31-34H,18H2,1-4H3/t26-,27+,29-,31-,32+,33-,34+/m0/s1. The van der Waals surface area contributed by atoms with Crippen molar-refractivity contribution >= 4 is 40.6 Å². The van der Waals surface area contributed by atoms with Crippen LogP contribution in [-0.2, 0) is 19.2 Å². The summed E-state index contributed by atoms with van der Waals surface area (Å²) in [4.78, 5) is 59.8. The molecule has 220 valence electrons. The Labute approximate surface area is 257 Å². The number of hydrogen-bond acceptors (Lipinski definition) is 4. The minimum absolute atomic E-state index is 0.173. The smallest absolute Gasteiger partial charge is 0.238 e. The van der Waals surface area contributed by atoms with E-state index in [4.69, 9.17) is 0 Å². The average molecular weight is 583 g/mol. The first-order chi connectivity index (χ1) is 21.2. The van der Waals surface area contributed by atoms with Crippen LogP contribution < -0.4 is 9.80 Å². The van der Waals surface area contributed by atoms with Crippen LogP contribution in [0.3, 0.4) is 0 Å². The van der Waals surface area contributed by atoms with Crippen molar-refractivity contribution < 1.29 is 19.2 Å². The molecule has 0 spiro atoms. The largest absolute Gasteiger partial charge is 0.274 e. The second-order valence-electron chi connectivity index (χ2n) is 13.3. The van der Waals surface area contributed by atoms with Crippen molar-refractivity contribution in [3.63, 3.8) is 0 Å². The maximum Gasteiger partial charge on any atom is 0.238 e. The normalized spacial score (nSPS) is 30.3. The molecule has 3 fully saturated rings. The quantitative estimate of drug-likeness (QED) is 0.276. The molecule has 4 aliphatic carbocycles. The minimum Gasteiger partial charge on any atom is -0.274 e. The van der Waals surface area contributed by atoms with Crippen molar-refractivity contribution in [1.29, 1.82) is 0 Å². The van der Waals surface area contributed by atoms with Crippen LogP contribution in [0.25, 0.3) is 5.57 Å². The number of amides is 4. The molecule has 2 saturated heterocycles. The molecule has 2 heterocycles. The van der Waals surface area contributed by atoms with Gasteiger partial charge in [-0.1, -0.05) is 60.2 Å². The summed E-state index contributed by atoms with van der Waals surface area (Å²) in [7, 11) is 0. The van der Waals surface area contributed by atoms with Gasteiger partial charge in [-0.3, -0.25) is 24.1 Å². The highest BCUT2D eigenvalue weighted by Crippen LogP contribution is 2.63. The van der Waals surface area contributed by atoms with E-state index >= 15 is 0 Å². The molecule has 1 saturated carbocycles. The molecule has 0 N–H and O–H groups in total. The fourth-order valence-electron chi connectivity index (χ4n) is 8.75. The van der Waals surface area contributed by atoms with E-state index in [1.165, 1.54) is 9.80 Å². The predicted molar refractivity (Wildman–Crippen MR) is 168 cm³/mol. The summed E-state index contributed by atoms with van der Waals surface area (Å²) in [5, 5.41) is 0. The maximum absolute atomic E-state index is 14.4. The number of aryl methyl sites for hydroxylation is 4. The summed E-state index contributed by atoms with van der Waals surface area (Å²) in [5.41, 5.74) is 8.55. The van der Waals surface area contributed by atoms with E-state index in [1.54, 1.807) is 0 Å². The fraction of sp³-hybridized carbons (Fsp3) is 0.316. The molecule has 0 aromatic heterocycles. The zero-order valence-electron chi connectivity index (χ0n) is 25.3. The number of allylic oxidation sites excluding steroid dienone is 4. The van der Waals surface area contributed by atoms with E-state index < -0.39 is 23.7 Å². The Morgan fingerprint density at radius 2 is 1.14 bits per heavy atom. The van der Waals surface area contributed by atoms with Gasteiger partial charge in [0.25, 0.3) is 0 Å². The summed E-state index contributed by atoms with van der Waals surface area (Å²) in [5.74, 6) is -3.93. The van der Waals surface area contributed by atoms with Gasteiger partial charge in [-0.25, -0.2) is 4.90 Å². The van der Waals surface area contributed by atoms with Crippen LogP contribution in [0.1, 0.15) is 34.2 Å². The van der Waals surface area contributed by atoms with Gasteiger partial charge in [-0.15, -0.1) is 0 Å². The number of anilines is 2. The number of rotatable bonds is 3. The van der Waals surface area contributed by atoms with Gasteiger partial charge in [-0.2, -0.15) is 0 Å². The number of hydrogen-bond donors (Lipinski definition) is 0. The first-order valence-electron chi connectivity index (χ1n) is 15.5. The van der Waals surface area contributed by atoms with Gasteiger partial charge in [0.05, 0.1) is 35.0 Å². The number of carbonyl (C=O) groups is 4. The van der Waals surface area contributed by atoms with Crippen molar-refractivity contribution in [3.05, 3.63) is 112 Å². The van der Waals surface area contributed by atoms with Crippen molar-refractivity contribution in [2.45, 2.75) is 34.1 Å². The van der Waals surface area contributed by atoms with E-state index in [2.05, 4.69) is 24.3 Å². The lowest BCUT2D eigenvalue weighted by Gasteiger charge is -2.51. The lowest BCUT2D eigenvalue weighted by Crippen LogP contribution is -2.51. The monoisotopic (exact) mass is 582 g/mol. The molecule has 3 aromatic carbocycles. The third-order valence-corrected chi connectivity index (χ3v) is 11.1. The number of benzene rings is 3. The van der Waals surface area contributed by atoms with Crippen molar-refractivity contribution in [3.8, 4) is 0 Å². The Hall–Kier alpha value is -4.58. The molecule has 3 aromatic rings. The van der Waals surface area contributed by atoms with Crippen LogP contribution in [0, 0.1) is 69.1 Å². The Bertz CT molecular complexity index is 1870. The molecule has 6 heteroatoms. The molecular weight excluding hydrogens is 548 g/mol. The van der Waals surface area contributed by atoms with Gasteiger partial charge < -0.3 is 0 Å². The first kappa shape index (κ1) is 27.0. The third kappa shape index (κ3) is 3.54. The average Bonchev–Trinajstić information content (AvgIpc) is 3.45. The highest BCUT2D eigenvalue weighted by molar-refractivity contribution is 6.24. The Balaban J connectivity index is 1.28. The zero-order chi connectivity index (χ0) is 30.6. The molecule has 0 unspecified atom stereocenters. The van der Waals surface area contributed by atoms with Gasteiger partial charge in [0, 0.05) is 11.8 Å². The number of imide groups is 2. The van der Waals surface area contributed by atoms with Crippen molar-refractivity contribution in [1.82, 2.24) is 0 Å². The Kier molecular flexibility index (Phi) is 5.80. The number of nitrogens with zero attached hydrogens (tertiary/aromatic N) is 2. The van der Waals surface area contributed by atoms with Gasteiger partial charge in [0.2, 0.25) is 23.6 Å². The second kappa shape index (κ2) is 9.46. The summed E-state index contributed by atoms with van der Waals surface area (Å²) in [6.45, 7) is 7.99. The highest BCUT2D eigenvalue weighted by Gasteiger charge is 2.67. The topological polar surface area (TPSA) is 74.8 Å². The maximum atomic E-state index is 14.4. The molecule has 4 amide bonds. The van der Waals surface area contributed by atoms with Crippen molar-refractivity contribution in [2.75, 3.05) is 9.80 Å². The Morgan fingerprint density at radius 3 is 1.75 bits per heavy atom. The SMILES string of the molecule is Cc1ccc(N2C(=O)[C@H]3[C@@H]4C=C[C@@H](C5=C(c6ccccc6)C[C@@H]6C(=O)N(c7ccc(C)c(C)c7)C(=O)[C@H]6[C@H]54)[C@H]3C2=O)cc1C. The molecule has 9 rings (SSSR count). The molecular formula is C38H34N2O4. The first-order valence-corrected chi connectivity index (χ1v) is 15.5. The molecule has 2 aliphatic heterocycles. The third-order valence-electron chi connectivity index (χ3n) is 11.1. The molecule has 0 radical (unpaired) electrons. The van der Waals surface area contributed by atoms with Gasteiger partial charge in [0.1, 0.15) is 0 Å². The summed E-state index contributed by atoms with van der Waals surface area (Å²) >= 11 is 0. The molecule has 44 heavy (non-hydrogen) atoms. The van der Waals surface area contributed by atoms with E-state index in [0.717, 1.165) is 39.0 Å². The summed E-state index contributed by atoms with van der Waals surface area (Å²) in [6, 6.07) is 21.5. The van der Waals surface area contributed by atoms with Gasteiger partial charge in [-0.05, 0) is 97.7 Å². The number of fused-ring (bicyclic) bond motifs is 1. The van der Waals surface area contributed by atoms with E-state index in [0.29, 0.717) is 17.8 Å². The Morgan fingerprint density at radius 1 is 0.568 bits per heavy atom.